The summed E-state index contributed by atoms with van der Waals surface area (Å²) in [5.74, 6) is -0.271. The summed E-state index contributed by atoms with van der Waals surface area (Å²) < 4.78 is 0. The molecule has 5 heteroatoms. The van der Waals surface area contributed by atoms with E-state index in [0.717, 1.165) is 31.6 Å². The van der Waals surface area contributed by atoms with Crippen molar-refractivity contribution in [3.63, 3.8) is 0 Å². The highest BCUT2D eigenvalue weighted by Crippen LogP contribution is 2.33. The lowest BCUT2D eigenvalue weighted by molar-refractivity contribution is -0.00887. The number of rotatable bonds is 6. The maximum Gasteiger partial charge on any atom is 0.354 e. The van der Waals surface area contributed by atoms with Crippen molar-refractivity contribution in [2.24, 2.45) is 5.92 Å². The third-order valence-electron chi connectivity index (χ3n) is 4.40. The molecule has 0 atom stereocenters. The summed E-state index contributed by atoms with van der Waals surface area (Å²) in [7, 11) is 0. The molecule has 0 unspecified atom stereocenters. The van der Waals surface area contributed by atoms with E-state index >= 15 is 0 Å². The Bertz CT molecular complexity index is 482. The van der Waals surface area contributed by atoms with Gasteiger partial charge in [-0.1, -0.05) is 19.4 Å². The van der Waals surface area contributed by atoms with Crippen LogP contribution in [0.3, 0.4) is 0 Å². The summed E-state index contributed by atoms with van der Waals surface area (Å²) >= 11 is 0. The van der Waals surface area contributed by atoms with Gasteiger partial charge in [0.2, 0.25) is 0 Å². The Morgan fingerprint density at radius 3 is 2.76 bits per heavy atom. The van der Waals surface area contributed by atoms with Crippen LogP contribution in [-0.4, -0.2) is 33.3 Å². The molecule has 0 amide bonds. The number of hydrogen-bond donors (Lipinski definition) is 3. The fourth-order valence-corrected chi connectivity index (χ4v) is 2.92. The Hall–Kier alpha value is -1.46. The van der Waals surface area contributed by atoms with Gasteiger partial charge in [0, 0.05) is 13.1 Å². The van der Waals surface area contributed by atoms with E-state index in [1.807, 2.05) is 0 Å². The van der Waals surface area contributed by atoms with Gasteiger partial charge < -0.3 is 15.5 Å². The first-order valence-corrected chi connectivity index (χ1v) is 7.65. The molecular formula is C16H24N2O3. The number of nitrogens with zero attached hydrogens (tertiary/aromatic N) is 1. The number of carbonyl (C=O) groups is 1. The zero-order chi connectivity index (χ0) is 15.3. The molecule has 1 aliphatic rings. The summed E-state index contributed by atoms with van der Waals surface area (Å²) in [6.45, 7) is 3.21. The molecule has 0 radical (unpaired) electrons. The smallest absolute Gasteiger partial charge is 0.354 e. The molecule has 1 saturated carbocycles. The monoisotopic (exact) mass is 292 g/mol. The lowest BCUT2D eigenvalue weighted by Crippen LogP contribution is -2.43. The van der Waals surface area contributed by atoms with E-state index in [9.17, 15) is 9.90 Å². The number of carboxylic acids is 1. The molecule has 2 rings (SSSR count). The minimum absolute atomic E-state index is 0.0523. The molecule has 3 N–H and O–H groups in total. The molecule has 1 heterocycles. The van der Waals surface area contributed by atoms with Crippen LogP contribution in [0.15, 0.2) is 18.2 Å². The molecule has 5 nitrogen and oxygen atoms in total. The average Bonchev–Trinajstić information content (AvgIpc) is 2.48. The quantitative estimate of drug-likeness (QED) is 0.749. The Labute approximate surface area is 125 Å². The molecule has 1 aromatic heterocycles. The number of pyridine rings is 1. The largest absolute Gasteiger partial charge is 0.477 e. The Morgan fingerprint density at radius 1 is 1.43 bits per heavy atom. The van der Waals surface area contributed by atoms with Gasteiger partial charge in [0.1, 0.15) is 5.69 Å². The van der Waals surface area contributed by atoms with Gasteiger partial charge in [-0.2, -0.15) is 0 Å². The van der Waals surface area contributed by atoms with E-state index in [0.29, 0.717) is 18.8 Å². The maximum atomic E-state index is 10.9. The van der Waals surface area contributed by atoms with Crippen LogP contribution in [0.5, 0.6) is 0 Å². The molecule has 21 heavy (non-hydrogen) atoms. The third kappa shape index (κ3) is 4.51. The Balaban J connectivity index is 1.81. The summed E-state index contributed by atoms with van der Waals surface area (Å²) in [4.78, 5) is 14.9. The van der Waals surface area contributed by atoms with Gasteiger partial charge in [0.15, 0.2) is 0 Å². The second kappa shape index (κ2) is 7.00. The zero-order valence-electron chi connectivity index (χ0n) is 12.5. The maximum absolute atomic E-state index is 10.9. The number of aromatic nitrogens is 1. The highest BCUT2D eigenvalue weighted by Gasteiger charge is 2.32. The predicted molar refractivity (Wildman–Crippen MR) is 80.1 cm³/mol. The average molecular weight is 292 g/mol. The molecule has 0 bridgehead atoms. The Kier molecular flexibility index (Phi) is 5.31. The van der Waals surface area contributed by atoms with E-state index in [1.54, 1.807) is 12.1 Å². The van der Waals surface area contributed by atoms with Gasteiger partial charge in [-0.05, 0) is 43.7 Å². The minimum Gasteiger partial charge on any atom is -0.477 e. The van der Waals surface area contributed by atoms with Crippen LogP contribution in [0.1, 0.15) is 55.2 Å². The van der Waals surface area contributed by atoms with Gasteiger partial charge in [-0.15, -0.1) is 0 Å². The molecule has 0 saturated heterocycles. The lowest BCUT2D eigenvalue weighted by atomic mass is 9.78. The fourth-order valence-electron chi connectivity index (χ4n) is 2.92. The summed E-state index contributed by atoms with van der Waals surface area (Å²) in [6, 6.07) is 4.96. The summed E-state index contributed by atoms with van der Waals surface area (Å²) in [6.07, 6.45) is 5.03. The van der Waals surface area contributed by atoms with E-state index in [4.69, 9.17) is 5.11 Å². The van der Waals surface area contributed by atoms with Crippen molar-refractivity contribution >= 4 is 5.97 Å². The van der Waals surface area contributed by atoms with Crippen LogP contribution in [0.25, 0.3) is 0 Å². The van der Waals surface area contributed by atoms with Crippen LogP contribution in [0, 0.1) is 5.92 Å². The van der Waals surface area contributed by atoms with Crippen molar-refractivity contribution in [1.82, 2.24) is 10.3 Å². The molecule has 0 aromatic carbocycles. The fraction of sp³-hybridized carbons (Fsp3) is 0.625. The van der Waals surface area contributed by atoms with Gasteiger partial charge in [-0.25, -0.2) is 9.78 Å². The normalized spacial score (nSPS) is 25.7. The van der Waals surface area contributed by atoms with Crippen molar-refractivity contribution in [2.45, 2.75) is 51.2 Å². The SMILES string of the molecule is CCC1CCC(O)(CNCc2cccc(C(=O)O)n2)CC1. The van der Waals surface area contributed by atoms with Gasteiger partial charge in [0.25, 0.3) is 0 Å². The van der Waals surface area contributed by atoms with Gasteiger partial charge in [0.05, 0.1) is 11.3 Å². The number of aliphatic hydroxyl groups is 1. The molecule has 1 fully saturated rings. The minimum atomic E-state index is -1.02. The lowest BCUT2D eigenvalue weighted by Gasteiger charge is -2.36. The number of hydrogen-bond acceptors (Lipinski definition) is 4. The van der Waals surface area contributed by atoms with Crippen LogP contribution < -0.4 is 5.32 Å². The molecule has 1 aliphatic carbocycles. The van der Waals surface area contributed by atoms with Crippen LogP contribution in [0.4, 0.5) is 0 Å². The van der Waals surface area contributed by atoms with Gasteiger partial charge in [-0.3, -0.25) is 0 Å². The first kappa shape index (κ1) is 15.9. The number of aromatic carboxylic acids is 1. The van der Waals surface area contributed by atoms with E-state index in [-0.39, 0.29) is 5.69 Å². The van der Waals surface area contributed by atoms with Gasteiger partial charge >= 0.3 is 5.97 Å². The van der Waals surface area contributed by atoms with Crippen LogP contribution in [-0.2, 0) is 6.54 Å². The summed E-state index contributed by atoms with van der Waals surface area (Å²) in [5.41, 5.74) is 0.105. The highest BCUT2D eigenvalue weighted by atomic mass is 16.4. The second-order valence-corrected chi connectivity index (χ2v) is 6.00. The van der Waals surface area contributed by atoms with Crippen molar-refractivity contribution in [3.05, 3.63) is 29.6 Å². The highest BCUT2D eigenvalue weighted by molar-refractivity contribution is 5.85. The van der Waals surface area contributed by atoms with Crippen molar-refractivity contribution < 1.29 is 15.0 Å². The van der Waals surface area contributed by atoms with Crippen molar-refractivity contribution in [3.8, 4) is 0 Å². The molecule has 0 spiro atoms. The molecule has 1 aromatic rings. The number of carboxylic acid groups (broad SMARTS) is 1. The van der Waals surface area contributed by atoms with E-state index in [2.05, 4.69) is 17.2 Å². The molecule has 0 aliphatic heterocycles. The van der Waals surface area contributed by atoms with Crippen molar-refractivity contribution in [2.75, 3.05) is 6.54 Å². The number of nitrogens with one attached hydrogen (secondary N) is 1. The van der Waals surface area contributed by atoms with Crippen LogP contribution >= 0.6 is 0 Å². The van der Waals surface area contributed by atoms with E-state index < -0.39 is 11.6 Å². The molecular weight excluding hydrogens is 268 g/mol. The Morgan fingerprint density at radius 2 is 2.14 bits per heavy atom. The first-order valence-electron chi connectivity index (χ1n) is 7.65. The standard InChI is InChI=1S/C16H24N2O3/c1-2-12-6-8-16(21,9-7-12)11-17-10-13-4-3-5-14(18-13)15(19)20/h3-5,12,17,21H,2,6-11H2,1H3,(H,19,20). The van der Waals surface area contributed by atoms with E-state index in [1.165, 1.54) is 12.5 Å². The summed E-state index contributed by atoms with van der Waals surface area (Å²) in [5, 5.41) is 22.6. The predicted octanol–water partition coefficient (Wildman–Crippen LogP) is 2.20. The third-order valence-corrected chi connectivity index (χ3v) is 4.40. The first-order chi connectivity index (χ1) is 10.0. The van der Waals surface area contributed by atoms with Crippen LogP contribution in [0.2, 0.25) is 0 Å². The zero-order valence-corrected chi connectivity index (χ0v) is 12.5. The van der Waals surface area contributed by atoms with Crippen molar-refractivity contribution in [1.29, 1.82) is 0 Å². The molecule has 116 valence electrons. The topological polar surface area (TPSA) is 82.5 Å². The second-order valence-electron chi connectivity index (χ2n) is 6.00.